The van der Waals surface area contributed by atoms with Crippen LogP contribution in [0.2, 0.25) is 33.4 Å². The Morgan fingerprint density at radius 3 is 2.23 bits per heavy atom. The van der Waals surface area contributed by atoms with Crippen LogP contribution in [0, 0.1) is 0 Å². The molecule has 35 heavy (non-hydrogen) atoms. The molecule has 2 aromatic rings. The van der Waals surface area contributed by atoms with E-state index in [1.54, 1.807) is 6.33 Å². The lowest BCUT2D eigenvalue weighted by Gasteiger charge is -2.54. The monoisotopic (exact) mass is 540 g/mol. The van der Waals surface area contributed by atoms with Gasteiger partial charge in [0.2, 0.25) is 0 Å². The lowest BCUT2D eigenvalue weighted by atomic mass is 10.1. The molecule has 8 nitrogen and oxygen atoms in total. The topological polar surface area (TPSA) is 80.5 Å². The highest BCUT2D eigenvalue weighted by Gasteiger charge is 2.65. The fourth-order valence-corrected chi connectivity index (χ4v) is 11.6. The summed E-state index contributed by atoms with van der Waals surface area (Å²) in [7, 11) is -4.92. The molecule has 0 spiro atoms. The minimum Gasteiger partial charge on any atom is -0.407 e. The van der Waals surface area contributed by atoms with Gasteiger partial charge in [0.05, 0.1) is 12.9 Å². The summed E-state index contributed by atoms with van der Waals surface area (Å²) in [6, 6.07) is 0. The van der Waals surface area contributed by atoms with Crippen molar-refractivity contribution in [1.29, 1.82) is 0 Å². The van der Waals surface area contributed by atoms with Crippen LogP contribution in [0.4, 0.5) is 0 Å². The Labute approximate surface area is 216 Å². The Morgan fingerprint density at radius 2 is 1.66 bits per heavy atom. The first-order valence-electron chi connectivity index (χ1n) is 12.4. The van der Waals surface area contributed by atoms with Gasteiger partial charge < -0.3 is 18.0 Å². The highest BCUT2D eigenvalue weighted by Crippen LogP contribution is 2.56. The molecule has 0 saturated carbocycles. The van der Waals surface area contributed by atoms with Crippen molar-refractivity contribution in [1.82, 2.24) is 19.5 Å². The number of hydrogen-bond acceptors (Lipinski definition) is 7. The molecule has 0 radical (unpaired) electrons. The van der Waals surface area contributed by atoms with Gasteiger partial charge in [0.15, 0.2) is 25.3 Å². The molecular weight excluding hydrogens is 500 g/mol. The van der Waals surface area contributed by atoms with Gasteiger partial charge in [-0.2, -0.15) is 0 Å². The SMILES string of the molecule is CC(C)(C)[Si](C)(C)O[C@@H]1[C@@H]2O[Si](C(C)(C)C)(C(C)(C)C)OC[C@H]2O[C@H]1n1cnc2c(Cl)ncnc21. The van der Waals surface area contributed by atoms with Crippen LogP contribution in [0.3, 0.4) is 0 Å². The number of imidazole rings is 1. The van der Waals surface area contributed by atoms with Crippen molar-refractivity contribution >= 4 is 39.6 Å². The van der Waals surface area contributed by atoms with E-state index in [9.17, 15) is 0 Å². The normalized spacial score (nSPS) is 27.9. The van der Waals surface area contributed by atoms with Gasteiger partial charge in [0.25, 0.3) is 0 Å². The molecule has 4 rings (SSSR count). The summed E-state index contributed by atoms with van der Waals surface area (Å²) in [6.07, 6.45) is 1.84. The third kappa shape index (κ3) is 4.43. The molecule has 2 aromatic heterocycles. The van der Waals surface area contributed by atoms with Crippen LogP contribution in [-0.4, -0.2) is 61.3 Å². The zero-order valence-electron chi connectivity index (χ0n) is 23.0. The molecule has 11 heteroatoms. The lowest BCUT2D eigenvalue weighted by molar-refractivity contribution is -0.0795. The first-order chi connectivity index (χ1) is 15.9. The van der Waals surface area contributed by atoms with Crippen molar-refractivity contribution in [2.75, 3.05) is 6.61 Å². The van der Waals surface area contributed by atoms with Crippen molar-refractivity contribution < 1.29 is 18.0 Å². The van der Waals surface area contributed by atoms with Gasteiger partial charge >= 0.3 is 8.56 Å². The largest absolute Gasteiger partial charge is 0.407 e. The van der Waals surface area contributed by atoms with E-state index in [-0.39, 0.29) is 33.4 Å². The molecule has 0 amide bonds. The third-order valence-corrected chi connectivity index (χ3v) is 17.7. The molecule has 0 bridgehead atoms. The summed E-state index contributed by atoms with van der Waals surface area (Å²) >= 11 is 6.31. The second-order valence-electron chi connectivity index (χ2n) is 13.4. The molecule has 4 heterocycles. The van der Waals surface area contributed by atoms with E-state index in [0.29, 0.717) is 22.9 Å². The van der Waals surface area contributed by atoms with E-state index < -0.39 is 23.1 Å². The smallest absolute Gasteiger partial charge is 0.349 e. The maximum Gasteiger partial charge on any atom is 0.349 e. The van der Waals surface area contributed by atoms with E-state index in [0.717, 1.165) is 0 Å². The molecule has 0 unspecified atom stereocenters. The van der Waals surface area contributed by atoms with Crippen molar-refractivity contribution in [3.63, 3.8) is 0 Å². The van der Waals surface area contributed by atoms with Crippen LogP contribution in [0.25, 0.3) is 11.2 Å². The minimum atomic E-state index is -2.73. The van der Waals surface area contributed by atoms with Crippen molar-refractivity contribution in [2.24, 2.45) is 0 Å². The number of ether oxygens (including phenoxy) is 1. The maximum atomic E-state index is 7.16. The average molecular weight is 541 g/mol. The molecule has 2 aliphatic heterocycles. The first kappa shape index (κ1) is 27.2. The maximum absolute atomic E-state index is 7.16. The zero-order valence-corrected chi connectivity index (χ0v) is 25.7. The van der Waals surface area contributed by atoms with Crippen molar-refractivity contribution in [3.05, 3.63) is 17.8 Å². The first-order valence-corrected chi connectivity index (χ1v) is 17.5. The molecule has 0 aliphatic carbocycles. The standard InChI is InChI=1S/C24H41ClN4O4Si2/c1-22(2,3)34(10,11)32-18-17-15(12-30-35(33-17,23(4,5)6)24(7,8)9)31-21(18)29-14-28-16-19(25)26-13-27-20(16)29/h13-15,17-18,21H,12H2,1-11H3/t15-,17-,18-,21-/m1/s1. The fraction of sp³-hybridized carbons (Fsp3) is 0.792. The third-order valence-electron chi connectivity index (χ3n) is 7.84. The Hall–Kier alpha value is -0.886. The average Bonchev–Trinajstić information content (AvgIpc) is 3.27. The summed E-state index contributed by atoms with van der Waals surface area (Å²) in [5.74, 6) is 0. The summed E-state index contributed by atoms with van der Waals surface area (Å²) < 4.78 is 29.5. The second kappa shape index (κ2) is 8.57. The Bertz CT molecular complexity index is 1080. The van der Waals surface area contributed by atoms with Gasteiger partial charge in [-0.05, 0) is 18.1 Å². The van der Waals surface area contributed by atoms with Crippen LogP contribution >= 0.6 is 11.6 Å². The van der Waals surface area contributed by atoms with E-state index in [4.69, 9.17) is 29.6 Å². The van der Waals surface area contributed by atoms with Gasteiger partial charge in [-0.1, -0.05) is 73.9 Å². The lowest BCUT2D eigenvalue weighted by Crippen LogP contribution is -2.66. The highest BCUT2D eigenvalue weighted by atomic mass is 35.5. The van der Waals surface area contributed by atoms with E-state index >= 15 is 0 Å². The van der Waals surface area contributed by atoms with E-state index in [1.807, 2.05) is 4.57 Å². The zero-order chi connectivity index (χ0) is 26.2. The van der Waals surface area contributed by atoms with Crippen molar-refractivity contribution in [2.45, 2.75) is 115 Å². The number of fused-ring (bicyclic) bond motifs is 2. The van der Waals surface area contributed by atoms with Crippen LogP contribution < -0.4 is 0 Å². The molecule has 0 N–H and O–H groups in total. The Morgan fingerprint density at radius 1 is 1.03 bits per heavy atom. The highest BCUT2D eigenvalue weighted by molar-refractivity contribution is 6.74. The summed E-state index contributed by atoms with van der Waals surface area (Å²) in [5.41, 5.74) is 1.16. The Balaban J connectivity index is 1.81. The predicted molar refractivity (Wildman–Crippen MR) is 142 cm³/mol. The molecule has 2 aliphatic rings. The van der Waals surface area contributed by atoms with Crippen LogP contribution in [0.15, 0.2) is 12.7 Å². The van der Waals surface area contributed by atoms with Gasteiger partial charge in [-0.25, -0.2) is 15.0 Å². The molecule has 2 saturated heterocycles. The Kier molecular flexibility index (Phi) is 6.65. The molecular formula is C24H41ClN4O4Si2. The molecule has 196 valence electrons. The number of hydrogen-bond donors (Lipinski definition) is 0. The van der Waals surface area contributed by atoms with E-state index in [2.05, 4.69) is 90.4 Å². The number of nitrogens with zero attached hydrogens (tertiary/aromatic N) is 4. The second-order valence-corrected chi connectivity index (χ2v) is 23.3. The fourth-order valence-electron chi connectivity index (χ4n) is 5.20. The molecule has 4 atom stereocenters. The van der Waals surface area contributed by atoms with Gasteiger partial charge in [-0.15, -0.1) is 0 Å². The van der Waals surface area contributed by atoms with Crippen LogP contribution in [0.5, 0.6) is 0 Å². The number of rotatable bonds is 3. The summed E-state index contributed by atoms with van der Waals surface area (Å²) in [6.45, 7) is 25.1. The van der Waals surface area contributed by atoms with E-state index in [1.165, 1.54) is 6.33 Å². The van der Waals surface area contributed by atoms with Crippen molar-refractivity contribution in [3.8, 4) is 0 Å². The van der Waals surface area contributed by atoms with Gasteiger partial charge in [-0.3, -0.25) is 4.57 Å². The number of halogens is 1. The minimum absolute atomic E-state index is 0.0197. The number of aromatic nitrogens is 4. The van der Waals surface area contributed by atoms with Gasteiger partial charge in [0.1, 0.15) is 30.2 Å². The van der Waals surface area contributed by atoms with Crippen LogP contribution in [0.1, 0.15) is 68.5 Å². The molecule has 2 fully saturated rings. The quantitative estimate of drug-likeness (QED) is 0.337. The summed E-state index contributed by atoms with van der Waals surface area (Å²) in [5, 5.41) is 0.0556. The van der Waals surface area contributed by atoms with Gasteiger partial charge in [0, 0.05) is 10.1 Å². The van der Waals surface area contributed by atoms with Crippen LogP contribution in [-0.2, 0) is 18.0 Å². The molecule has 0 aromatic carbocycles. The summed E-state index contributed by atoms with van der Waals surface area (Å²) in [4.78, 5) is 13.0. The predicted octanol–water partition coefficient (Wildman–Crippen LogP) is 6.23.